The molecule has 138 valence electrons. The molecule has 1 amide bonds. The minimum Gasteiger partial charge on any atom is -0.318 e. The van der Waals surface area contributed by atoms with Gasteiger partial charge in [-0.05, 0) is 56.2 Å². The molecule has 0 aliphatic heterocycles. The highest BCUT2D eigenvalue weighted by Gasteiger charge is 2.11. The Kier molecular flexibility index (Phi) is 5.50. The standard InChI is InChI=1S/C22H22FN3O/c1-4-17-9-11-19(12-10-17)26-15(2)13-18(16(26)3)14-24-25-22(27)20-7-5-6-8-21(20)23/h5-14H,4H2,1-3H3,(H,25,27)/b24-14-. The van der Waals surface area contributed by atoms with E-state index in [2.05, 4.69) is 46.3 Å². The molecule has 5 heteroatoms. The van der Waals surface area contributed by atoms with E-state index in [4.69, 9.17) is 0 Å². The highest BCUT2D eigenvalue weighted by Crippen LogP contribution is 2.20. The van der Waals surface area contributed by atoms with Crippen molar-refractivity contribution in [3.05, 3.63) is 88.5 Å². The number of carbonyl (C=O) groups is 1. The maximum absolute atomic E-state index is 13.6. The molecule has 0 spiro atoms. The van der Waals surface area contributed by atoms with Gasteiger partial charge in [0.15, 0.2) is 0 Å². The Morgan fingerprint density at radius 2 is 1.85 bits per heavy atom. The van der Waals surface area contributed by atoms with Crippen LogP contribution in [-0.2, 0) is 6.42 Å². The molecule has 2 aromatic carbocycles. The van der Waals surface area contributed by atoms with Crippen LogP contribution in [0.5, 0.6) is 0 Å². The molecule has 0 saturated heterocycles. The lowest BCUT2D eigenvalue weighted by molar-refractivity contribution is 0.0951. The summed E-state index contributed by atoms with van der Waals surface area (Å²) in [5.74, 6) is -1.15. The quantitative estimate of drug-likeness (QED) is 0.524. The van der Waals surface area contributed by atoms with Crippen LogP contribution in [0.25, 0.3) is 5.69 Å². The predicted octanol–water partition coefficient (Wildman–Crippen LogP) is 4.56. The summed E-state index contributed by atoms with van der Waals surface area (Å²) in [4.78, 5) is 12.0. The van der Waals surface area contributed by atoms with Crippen LogP contribution in [0.2, 0.25) is 0 Å². The minimum atomic E-state index is -0.576. The van der Waals surface area contributed by atoms with Gasteiger partial charge in [0.2, 0.25) is 0 Å². The maximum Gasteiger partial charge on any atom is 0.274 e. The number of hydrazone groups is 1. The molecule has 0 fully saturated rings. The van der Waals surface area contributed by atoms with E-state index in [-0.39, 0.29) is 5.56 Å². The zero-order valence-corrected chi connectivity index (χ0v) is 15.7. The molecule has 3 rings (SSSR count). The van der Waals surface area contributed by atoms with Crippen molar-refractivity contribution in [2.75, 3.05) is 0 Å². The lowest BCUT2D eigenvalue weighted by atomic mass is 10.1. The third-order valence-electron chi connectivity index (χ3n) is 4.56. The molecule has 27 heavy (non-hydrogen) atoms. The van der Waals surface area contributed by atoms with Crippen LogP contribution in [0.3, 0.4) is 0 Å². The Morgan fingerprint density at radius 1 is 1.15 bits per heavy atom. The first-order chi connectivity index (χ1) is 13.0. The molecule has 0 radical (unpaired) electrons. The second kappa shape index (κ2) is 7.99. The topological polar surface area (TPSA) is 46.4 Å². The number of hydrogen-bond acceptors (Lipinski definition) is 2. The Hall–Kier alpha value is -3.21. The fourth-order valence-electron chi connectivity index (χ4n) is 3.06. The summed E-state index contributed by atoms with van der Waals surface area (Å²) in [5, 5.41) is 3.99. The first-order valence-corrected chi connectivity index (χ1v) is 8.87. The van der Waals surface area contributed by atoms with Crippen LogP contribution in [0.15, 0.2) is 59.7 Å². The third kappa shape index (κ3) is 3.97. The van der Waals surface area contributed by atoms with Crippen LogP contribution in [-0.4, -0.2) is 16.7 Å². The minimum absolute atomic E-state index is 0.0314. The van der Waals surface area contributed by atoms with E-state index in [0.717, 1.165) is 29.1 Å². The Labute approximate surface area is 158 Å². The maximum atomic E-state index is 13.6. The number of amides is 1. The Morgan fingerprint density at radius 3 is 2.52 bits per heavy atom. The summed E-state index contributed by atoms with van der Waals surface area (Å²) in [6, 6.07) is 16.3. The van der Waals surface area contributed by atoms with E-state index < -0.39 is 11.7 Å². The fraction of sp³-hybridized carbons (Fsp3) is 0.182. The van der Waals surface area contributed by atoms with Crippen molar-refractivity contribution in [2.24, 2.45) is 5.10 Å². The summed E-state index contributed by atoms with van der Waals surface area (Å²) in [5.41, 5.74) is 7.69. The summed E-state index contributed by atoms with van der Waals surface area (Å²) < 4.78 is 15.8. The number of halogens is 1. The number of hydrogen-bond donors (Lipinski definition) is 1. The molecule has 0 bridgehead atoms. The number of nitrogens with one attached hydrogen (secondary N) is 1. The van der Waals surface area contributed by atoms with Gasteiger partial charge in [-0.25, -0.2) is 9.82 Å². The molecular weight excluding hydrogens is 341 g/mol. The lowest BCUT2D eigenvalue weighted by Crippen LogP contribution is -2.18. The van der Waals surface area contributed by atoms with Gasteiger partial charge in [0, 0.05) is 22.6 Å². The van der Waals surface area contributed by atoms with Crippen LogP contribution < -0.4 is 5.43 Å². The van der Waals surface area contributed by atoms with Crippen molar-refractivity contribution < 1.29 is 9.18 Å². The first kappa shape index (κ1) is 18.6. The van der Waals surface area contributed by atoms with Crippen molar-refractivity contribution in [3.63, 3.8) is 0 Å². The van der Waals surface area contributed by atoms with Crippen molar-refractivity contribution in [1.29, 1.82) is 0 Å². The highest BCUT2D eigenvalue weighted by atomic mass is 19.1. The molecule has 3 aromatic rings. The van der Waals surface area contributed by atoms with E-state index >= 15 is 0 Å². The van der Waals surface area contributed by atoms with Crippen molar-refractivity contribution in [1.82, 2.24) is 9.99 Å². The van der Waals surface area contributed by atoms with Crippen LogP contribution in [0.4, 0.5) is 4.39 Å². The summed E-state index contributed by atoms with van der Waals surface area (Å²) >= 11 is 0. The number of rotatable bonds is 5. The number of carbonyl (C=O) groups excluding carboxylic acids is 1. The molecule has 4 nitrogen and oxygen atoms in total. The molecule has 0 saturated carbocycles. The van der Waals surface area contributed by atoms with Gasteiger partial charge >= 0.3 is 0 Å². The number of aryl methyl sites for hydroxylation is 2. The normalized spacial score (nSPS) is 11.1. The van der Waals surface area contributed by atoms with Gasteiger partial charge in [-0.15, -0.1) is 0 Å². The predicted molar refractivity (Wildman–Crippen MR) is 106 cm³/mol. The second-order valence-corrected chi connectivity index (χ2v) is 6.36. The van der Waals surface area contributed by atoms with Gasteiger partial charge in [0.1, 0.15) is 5.82 Å². The van der Waals surface area contributed by atoms with Gasteiger partial charge in [-0.1, -0.05) is 31.2 Å². The van der Waals surface area contributed by atoms with Gasteiger partial charge in [0.25, 0.3) is 5.91 Å². The first-order valence-electron chi connectivity index (χ1n) is 8.87. The van der Waals surface area contributed by atoms with Gasteiger partial charge in [-0.2, -0.15) is 5.10 Å². The molecule has 1 aromatic heterocycles. The molecule has 0 aliphatic carbocycles. The molecule has 0 atom stereocenters. The average Bonchev–Trinajstić information content (AvgIpc) is 2.95. The van der Waals surface area contributed by atoms with E-state index in [1.807, 2.05) is 19.9 Å². The molecule has 0 aliphatic rings. The van der Waals surface area contributed by atoms with Crippen molar-refractivity contribution in [2.45, 2.75) is 27.2 Å². The third-order valence-corrected chi connectivity index (χ3v) is 4.56. The van der Waals surface area contributed by atoms with Crippen LogP contribution >= 0.6 is 0 Å². The number of aromatic nitrogens is 1. The highest BCUT2D eigenvalue weighted by molar-refractivity contribution is 5.95. The molecule has 1 N–H and O–H groups in total. The lowest BCUT2D eigenvalue weighted by Gasteiger charge is -2.10. The summed E-state index contributed by atoms with van der Waals surface area (Å²) in [6.07, 6.45) is 2.58. The van der Waals surface area contributed by atoms with Gasteiger partial charge in [0.05, 0.1) is 11.8 Å². The monoisotopic (exact) mass is 363 g/mol. The van der Waals surface area contributed by atoms with E-state index in [0.29, 0.717) is 0 Å². The second-order valence-electron chi connectivity index (χ2n) is 6.36. The molecule has 1 heterocycles. The zero-order valence-electron chi connectivity index (χ0n) is 15.7. The van der Waals surface area contributed by atoms with Crippen molar-refractivity contribution in [3.8, 4) is 5.69 Å². The molecule has 0 unspecified atom stereocenters. The summed E-state index contributed by atoms with van der Waals surface area (Å²) in [7, 11) is 0. The smallest absolute Gasteiger partial charge is 0.274 e. The SMILES string of the molecule is CCc1ccc(-n2c(C)cc(/C=N\NC(=O)c3ccccc3F)c2C)cc1. The van der Waals surface area contributed by atoms with E-state index in [1.54, 1.807) is 12.3 Å². The largest absolute Gasteiger partial charge is 0.318 e. The average molecular weight is 363 g/mol. The van der Waals surface area contributed by atoms with E-state index in [1.165, 1.54) is 23.8 Å². The summed E-state index contributed by atoms with van der Waals surface area (Å²) in [6.45, 7) is 6.15. The van der Waals surface area contributed by atoms with Crippen molar-refractivity contribution >= 4 is 12.1 Å². The Balaban J connectivity index is 1.79. The molecular formula is C22H22FN3O. The van der Waals surface area contributed by atoms with Crippen LogP contribution in [0, 0.1) is 19.7 Å². The van der Waals surface area contributed by atoms with Gasteiger partial charge in [-0.3, -0.25) is 4.79 Å². The number of nitrogens with zero attached hydrogens (tertiary/aromatic N) is 2. The van der Waals surface area contributed by atoms with E-state index in [9.17, 15) is 9.18 Å². The fourth-order valence-corrected chi connectivity index (χ4v) is 3.06. The van der Waals surface area contributed by atoms with Gasteiger partial charge < -0.3 is 4.57 Å². The Bertz CT molecular complexity index is 987. The zero-order chi connectivity index (χ0) is 19.4. The van der Waals surface area contributed by atoms with Crippen LogP contribution in [0.1, 0.15) is 39.8 Å². The number of benzene rings is 2.